The molecule has 1 amide bonds. The molecule has 0 spiro atoms. The number of hydrogen-bond donors (Lipinski definition) is 1. The molecule has 7 heteroatoms. The number of halogens is 1. The number of hydrogen-bond acceptors (Lipinski definition) is 4. The summed E-state index contributed by atoms with van der Waals surface area (Å²) >= 11 is 6.10. The predicted molar refractivity (Wildman–Crippen MR) is 88.7 cm³/mol. The van der Waals surface area contributed by atoms with Crippen molar-refractivity contribution in [1.29, 1.82) is 0 Å². The topological polar surface area (TPSA) is 77.0 Å². The summed E-state index contributed by atoms with van der Waals surface area (Å²) < 4.78 is 1.80. The molecule has 1 aromatic heterocycles. The number of likely N-dealkylation sites (N-methyl/N-ethyl adjacent to an activating group) is 1. The Balaban J connectivity index is 2.01. The van der Waals surface area contributed by atoms with Gasteiger partial charge in [-0.3, -0.25) is 4.79 Å². The highest BCUT2D eigenvalue weighted by Gasteiger charge is 2.25. The maximum absolute atomic E-state index is 11.2. The summed E-state index contributed by atoms with van der Waals surface area (Å²) in [6.07, 6.45) is 2.22. The Morgan fingerprint density at radius 1 is 1.48 bits per heavy atom. The first-order valence-electron chi connectivity index (χ1n) is 7.71. The third-order valence-electron chi connectivity index (χ3n) is 4.05. The fourth-order valence-electron chi connectivity index (χ4n) is 3.04. The van der Waals surface area contributed by atoms with Crippen molar-refractivity contribution in [2.24, 2.45) is 5.73 Å². The summed E-state index contributed by atoms with van der Waals surface area (Å²) in [5.41, 5.74) is 6.14. The lowest BCUT2D eigenvalue weighted by Crippen LogP contribution is -2.32. The Hall–Kier alpha value is -1.92. The summed E-state index contributed by atoms with van der Waals surface area (Å²) in [7, 11) is 2.11. The van der Waals surface area contributed by atoms with E-state index in [1.165, 1.54) is 0 Å². The SMILES string of the molecule is CN1CCCC(c2nc(CC(N)=O)nn2-c2cccc(Cl)c2)C1. The van der Waals surface area contributed by atoms with Crippen molar-refractivity contribution < 1.29 is 4.79 Å². The number of rotatable bonds is 4. The predicted octanol–water partition coefficient (Wildman–Crippen LogP) is 1.76. The van der Waals surface area contributed by atoms with Gasteiger partial charge in [0.25, 0.3) is 0 Å². The number of amides is 1. The van der Waals surface area contributed by atoms with Crippen LogP contribution in [0.1, 0.15) is 30.4 Å². The van der Waals surface area contributed by atoms with Crippen LogP contribution in [-0.4, -0.2) is 45.7 Å². The van der Waals surface area contributed by atoms with E-state index < -0.39 is 5.91 Å². The van der Waals surface area contributed by atoms with E-state index in [1.54, 1.807) is 4.68 Å². The molecular formula is C16H20ClN5O. The molecule has 0 aliphatic carbocycles. The van der Waals surface area contributed by atoms with Gasteiger partial charge in [0.15, 0.2) is 5.82 Å². The molecule has 1 atom stereocenters. The standard InChI is InChI=1S/C16H20ClN5O/c1-21-7-3-4-11(10-21)16-19-15(9-14(18)23)20-22(16)13-6-2-5-12(17)8-13/h2,5-6,8,11H,3-4,7,9-10H2,1H3,(H2,18,23). The first-order valence-corrected chi connectivity index (χ1v) is 8.09. The van der Waals surface area contributed by atoms with Gasteiger partial charge in [0.05, 0.1) is 12.1 Å². The van der Waals surface area contributed by atoms with Gasteiger partial charge in [-0.2, -0.15) is 5.10 Å². The minimum absolute atomic E-state index is 0.0448. The Morgan fingerprint density at radius 2 is 2.30 bits per heavy atom. The molecule has 1 aliphatic rings. The number of carbonyl (C=O) groups is 1. The van der Waals surface area contributed by atoms with E-state index in [4.69, 9.17) is 17.3 Å². The average molecular weight is 334 g/mol. The average Bonchev–Trinajstić information content (AvgIpc) is 2.90. The minimum atomic E-state index is -0.430. The van der Waals surface area contributed by atoms with Crippen LogP contribution in [-0.2, 0) is 11.2 Å². The molecule has 2 aromatic rings. The zero-order valence-corrected chi connectivity index (χ0v) is 13.8. The van der Waals surface area contributed by atoms with E-state index in [9.17, 15) is 4.79 Å². The van der Waals surface area contributed by atoms with Crippen LogP contribution < -0.4 is 5.73 Å². The van der Waals surface area contributed by atoms with Gasteiger partial charge in [0.2, 0.25) is 5.91 Å². The highest BCUT2D eigenvalue weighted by molar-refractivity contribution is 6.30. The van der Waals surface area contributed by atoms with Crippen LogP contribution in [0, 0.1) is 0 Å². The summed E-state index contributed by atoms with van der Waals surface area (Å²) in [5.74, 6) is 1.18. The van der Waals surface area contributed by atoms with Gasteiger partial charge in [0.1, 0.15) is 5.82 Å². The van der Waals surface area contributed by atoms with Crippen molar-refractivity contribution in [3.05, 3.63) is 40.9 Å². The second kappa shape index (κ2) is 6.68. The monoisotopic (exact) mass is 333 g/mol. The van der Waals surface area contributed by atoms with E-state index in [2.05, 4.69) is 22.0 Å². The van der Waals surface area contributed by atoms with Crippen molar-refractivity contribution in [2.75, 3.05) is 20.1 Å². The Kier molecular flexibility index (Phi) is 4.63. The molecule has 0 radical (unpaired) electrons. The Morgan fingerprint density at radius 3 is 3.00 bits per heavy atom. The van der Waals surface area contributed by atoms with Gasteiger partial charge < -0.3 is 10.6 Å². The highest BCUT2D eigenvalue weighted by atomic mass is 35.5. The van der Waals surface area contributed by atoms with Crippen LogP contribution in [0.3, 0.4) is 0 Å². The first kappa shape index (κ1) is 16.0. The second-order valence-corrected chi connectivity index (χ2v) is 6.46. The van der Waals surface area contributed by atoms with Gasteiger partial charge in [-0.05, 0) is 44.6 Å². The van der Waals surface area contributed by atoms with E-state index in [0.29, 0.717) is 10.8 Å². The van der Waals surface area contributed by atoms with E-state index >= 15 is 0 Å². The summed E-state index contributed by atoms with van der Waals surface area (Å²) in [5, 5.41) is 5.13. The number of likely N-dealkylation sites (tertiary alicyclic amines) is 1. The Labute approximate surface area is 140 Å². The number of piperidine rings is 1. The largest absolute Gasteiger partial charge is 0.369 e. The van der Waals surface area contributed by atoms with E-state index in [-0.39, 0.29) is 12.3 Å². The molecule has 1 saturated heterocycles. The molecule has 122 valence electrons. The van der Waals surface area contributed by atoms with Crippen molar-refractivity contribution in [3.8, 4) is 5.69 Å². The van der Waals surface area contributed by atoms with Crippen molar-refractivity contribution in [1.82, 2.24) is 19.7 Å². The van der Waals surface area contributed by atoms with Crippen LogP contribution in [0.5, 0.6) is 0 Å². The quantitative estimate of drug-likeness (QED) is 0.924. The molecule has 0 bridgehead atoms. The second-order valence-electron chi connectivity index (χ2n) is 6.02. The normalized spacial score (nSPS) is 19.0. The molecule has 3 rings (SSSR count). The molecule has 1 unspecified atom stereocenters. The molecule has 1 fully saturated rings. The van der Waals surface area contributed by atoms with Crippen molar-refractivity contribution >= 4 is 17.5 Å². The molecule has 6 nitrogen and oxygen atoms in total. The summed E-state index contributed by atoms with van der Waals surface area (Å²) in [6.45, 7) is 2.02. The van der Waals surface area contributed by atoms with Crippen LogP contribution in [0.4, 0.5) is 0 Å². The van der Waals surface area contributed by atoms with Gasteiger partial charge in [-0.15, -0.1) is 0 Å². The highest BCUT2D eigenvalue weighted by Crippen LogP contribution is 2.27. The number of aromatic nitrogens is 3. The molecule has 2 N–H and O–H groups in total. The van der Waals surface area contributed by atoms with Gasteiger partial charge in [-0.1, -0.05) is 17.7 Å². The van der Waals surface area contributed by atoms with Crippen LogP contribution in [0.2, 0.25) is 5.02 Å². The number of nitrogens with two attached hydrogens (primary N) is 1. The molecule has 23 heavy (non-hydrogen) atoms. The van der Waals surface area contributed by atoms with E-state index in [1.807, 2.05) is 24.3 Å². The van der Waals surface area contributed by atoms with Crippen LogP contribution in [0.25, 0.3) is 5.69 Å². The lowest BCUT2D eigenvalue weighted by molar-refractivity contribution is -0.117. The molecule has 2 heterocycles. The third-order valence-corrected chi connectivity index (χ3v) is 4.29. The first-order chi connectivity index (χ1) is 11.0. The van der Waals surface area contributed by atoms with Crippen LogP contribution in [0.15, 0.2) is 24.3 Å². The van der Waals surface area contributed by atoms with Gasteiger partial charge in [-0.25, -0.2) is 9.67 Å². The number of carbonyl (C=O) groups excluding carboxylic acids is 1. The molecule has 1 aromatic carbocycles. The molecule has 0 saturated carbocycles. The van der Waals surface area contributed by atoms with Crippen molar-refractivity contribution in [2.45, 2.75) is 25.2 Å². The third kappa shape index (κ3) is 3.71. The van der Waals surface area contributed by atoms with Crippen LogP contribution >= 0.6 is 11.6 Å². The van der Waals surface area contributed by atoms with E-state index in [0.717, 1.165) is 37.4 Å². The number of primary amides is 1. The smallest absolute Gasteiger partial charge is 0.225 e. The number of nitrogens with zero attached hydrogens (tertiary/aromatic N) is 4. The molecular weight excluding hydrogens is 314 g/mol. The fraction of sp³-hybridized carbons (Fsp3) is 0.438. The Bertz CT molecular complexity index is 714. The fourth-order valence-corrected chi connectivity index (χ4v) is 3.22. The lowest BCUT2D eigenvalue weighted by Gasteiger charge is -2.29. The summed E-state index contributed by atoms with van der Waals surface area (Å²) in [4.78, 5) is 18.1. The maximum atomic E-state index is 11.2. The molecule has 1 aliphatic heterocycles. The zero-order chi connectivity index (χ0) is 16.4. The minimum Gasteiger partial charge on any atom is -0.369 e. The maximum Gasteiger partial charge on any atom is 0.225 e. The van der Waals surface area contributed by atoms with Gasteiger partial charge >= 0.3 is 0 Å². The van der Waals surface area contributed by atoms with Gasteiger partial charge in [0, 0.05) is 17.5 Å². The van der Waals surface area contributed by atoms with Crippen molar-refractivity contribution in [3.63, 3.8) is 0 Å². The number of benzene rings is 1. The lowest BCUT2D eigenvalue weighted by atomic mass is 9.97. The zero-order valence-electron chi connectivity index (χ0n) is 13.1. The summed E-state index contributed by atoms with van der Waals surface area (Å²) in [6, 6.07) is 7.48.